The summed E-state index contributed by atoms with van der Waals surface area (Å²) in [6, 6.07) is 0.176. The van der Waals surface area contributed by atoms with Crippen LogP contribution in [-0.4, -0.2) is 75.5 Å². The molecule has 0 aromatic carbocycles. The fourth-order valence-corrected chi connectivity index (χ4v) is 8.32. The number of hydrogen-bond donors (Lipinski definition) is 2. The monoisotopic (exact) mass is 490 g/mol. The van der Waals surface area contributed by atoms with Crippen LogP contribution in [0.3, 0.4) is 0 Å². The van der Waals surface area contributed by atoms with Gasteiger partial charge in [-0.1, -0.05) is 0 Å². The number of nitrogens with zero attached hydrogens (tertiary/aromatic N) is 4. The third kappa shape index (κ3) is 2.98. The van der Waals surface area contributed by atoms with Crippen LogP contribution in [0, 0.1) is 22.2 Å². The van der Waals surface area contributed by atoms with Crippen molar-refractivity contribution < 1.29 is 18.0 Å². The van der Waals surface area contributed by atoms with Crippen molar-refractivity contribution in [3.8, 4) is 0 Å². The van der Waals surface area contributed by atoms with Crippen molar-refractivity contribution in [2.24, 2.45) is 22.2 Å². The SMILES string of the molecule is O=C(N1CC(C23CC(CNC4(C(F)(F)F)CC4)(C2)C3)C1)N1CC2(CC(c3nnc(C4CC4)[nH]3)C2)C1. The van der Waals surface area contributed by atoms with Crippen molar-refractivity contribution in [3.05, 3.63) is 11.6 Å². The molecule has 2 N–H and O–H groups in total. The third-order valence-electron chi connectivity index (χ3n) is 10.8. The normalized spacial score (nSPS) is 36.7. The van der Waals surface area contributed by atoms with E-state index >= 15 is 0 Å². The maximum absolute atomic E-state index is 13.2. The smallest absolute Gasteiger partial charge is 0.328 e. The van der Waals surface area contributed by atoms with Crippen LogP contribution in [0.2, 0.25) is 0 Å². The lowest BCUT2D eigenvalue weighted by molar-refractivity contribution is -0.256. The number of rotatable bonds is 6. The zero-order valence-electron chi connectivity index (χ0n) is 20.0. The van der Waals surface area contributed by atoms with E-state index in [2.05, 4.69) is 20.5 Å². The van der Waals surface area contributed by atoms with Crippen molar-refractivity contribution in [3.63, 3.8) is 0 Å². The van der Waals surface area contributed by atoms with Gasteiger partial charge in [0.25, 0.3) is 0 Å². The maximum atomic E-state index is 13.2. The minimum Gasteiger partial charge on any atom is -0.328 e. The molecule has 9 rings (SSSR count). The van der Waals surface area contributed by atoms with Gasteiger partial charge in [-0.05, 0) is 74.5 Å². The average molecular weight is 491 g/mol. The molecule has 8 fully saturated rings. The predicted octanol–water partition coefficient (Wildman–Crippen LogP) is 3.77. The van der Waals surface area contributed by atoms with Gasteiger partial charge in [0.2, 0.25) is 0 Å². The zero-order chi connectivity index (χ0) is 23.8. The fourth-order valence-electron chi connectivity index (χ4n) is 8.32. The first-order chi connectivity index (χ1) is 16.6. The summed E-state index contributed by atoms with van der Waals surface area (Å²) >= 11 is 0. The Morgan fingerprint density at radius 2 is 1.63 bits per heavy atom. The van der Waals surface area contributed by atoms with Gasteiger partial charge in [-0.15, -0.1) is 10.2 Å². The number of halogens is 3. The van der Waals surface area contributed by atoms with Gasteiger partial charge in [0.05, 0.1) is 0 Å². The number of aromatic amines is 1. The van der Waals surface area contributed by atoms with Crippen LogP contribution in [0.25, 0.3) is 0 Å². The van der Waals surface area contributed by atoms with Crippen molar-refractivity contribution in [1.29, 1.82) is 0 Å². The van der Waals surface area contributed by atoms with E-state index in [0.717, 1.165) is 69.9 Å². The van der Waals surface area contributed by atoms with Gasteiger partial charge in [0.1, 0.15) is 17.2 Å². The number of H-pyrrole nitrogens is 1. The number of alkyl halides is 3. The second kappa shape index (κ2) is 6.34. The molecule has 1 spiro atoms. The van der Waals surface area contributed by atoms with Crippen LogP contribution in [0.1, 0.15) is 81.3 Å². The molecule has 0 unspecified atom stereocenters. The molecule has 7 nitrogen and oxygen atoms in total. The predicted molar refractivity (Wildman–Crippen MR) is 120 cm³/mol. The van der Waals surface area contributed by atoms with Gasteiger partial charge >= 0.3 is 12.2 Å². The Bertz CT molecular complexity index is 1050. The third-order valence-corrected chi connectivity index (χ3v) is 10.8. The van der Waals surface area contributed by atoms with Crippen molar-refractivity contribution in [1.82, 2.24) is 30.3 Å². The molecule has 2 amide bonds. The van der Waals surface area contributed by atoms with E-state index in [1.807, 2.05) is 9.80 Å². The summed E-state index contributed by atoms with van der Waals surface area (Å²) in [5.41, 5.74) is -0.946. The molecule has 190 valence electrons. The molecule has 2 saturated heterocycles. The largest absolute Gasteiger partial charge is 0.406 e. The number of amides is 2. The van der Waals surface area contributed by atoms with E-state index in [0.29, 0.717) is 29.7 Å². The molecule has 10 heteroatoms. The molecular formula is C25H33F3N6O. The van der Waals surface area contributed by atoms with E-state index in [9.17, 15) is 18.0 Å². The molecule has 0 radical (unpaired) electrons. The summed E-state index contributed by atoms with van der Waals surface area (Å²) in [6.45, 7) is 3.85. The van der Waals surface area contributed by atoms with E-state index in [4.69, 9.17) is 0 Å². The minimum absolute atomic E-state index is 0.0822. The molecule has 3 heterocycles. The molecule has 35 heavy (non-hydrogen) atoms. The maximum Gasteiger partial charge on any atom is 0.406 e. The number of carbonyl (C=O) groups excluding carboxylic acids is 1. The number of likely N-dealkylation sites (tertiary alicyclic amines) is 2. The molecule has 8 aliphatic rings. The van der Waals surface area contributed by atoms with Crippen molar-refractivity contribution in [2.75, 3.05) is 32.7 Å². The summed E-state index contributed by atoms with van der Waals surface area (Å²) in [4.78, 5) is 20.4. The Hall–Kier alpha value is -1.84. The first-order valence-electron chi connectivity index (χ1n) is 13.4. The molecular weight excluding hydrogens is 457 g/mol. The van der Waals surface area contributed by atoms with Crippen LogP contribution >= 0.6 is 0 Å². The Labute approximate surface area is 202 Å². The Balaban J connectivity index is 0.773. The Morgan fingerprint density at radius 3 is 2.20 bits per heavy atom. The van der Waals surface area contributed by atoms with Crippen LogP contribution in [0.15, 0.2) is 0 Å². The Morgan fingerprint density at radius 1 is 1.00 bits per heavy atom. The van der Waals surface area contributed by atoms with Crippen LogP contribution in [-0.2, 0) is 0 Å². The summed E-state index contributed by atoms with van der Waals surface area (Å²) < 4.78 is 39.5. The number of carbonyl (C=O) groups is 1. The highest BCUT2D eigenvalue weighted by atomic mass is 19.4. The second-order valence-corrected chi connectivity index (χ2v) is 13.5. The number of urea groups is 1. The van der Waals surface area contributed by atoms with Gasteiger partial charge in [-0.2, -0.15) is 13.2 Å². The summed E-state index contributed by atoms with van der Waals surface area (Å²) in [7, 11) is 0. The van der Waals surface area contributed by atoms with Crippen LogP contribution in [0.5, 0.6) is 0 Å². The van der Waals surface area contributed by atoms with Crippen LogP contribution in [0.4, 0.5) is 18.0 Å². The number of aromatic nitrogens is 3. The topological polar surface area (TPSA) is 77.2 Å². The summed E-state index contributed by atoms with van der Waals surface area (Å²) in [6.07, 6.45) is 4.03. The number of nitrogens with one attached hydrogen (secondary N) is 2. The lowest BCUT2D eigenvalue weighted by Gasteiger charge is -2.76. The molecule has 1 aromatic heterocycles. The van der Waals surface area contributed by atoms with Gasteiger partial charge in [-0.3, -0.25) is 0 Å². The summed E-state index contributed by atoms with van der Waals surface area (Å²) in [5, 5.41) is 11.6. The zero-order valence-corrected chi connectivity index (χ0v) is 20.0. The van der Waals surface area contributed by atoms with E-state index < -0.39 is 11.7 Å². The van der Waals surface area contributed by atoms with Crippen molar-refractivity contribution >= 4 is 6.03 Å². The minimum atomic E-state index is -4.13. The van der Waals surface area contributed by atoms with E-state index in [1.54, 1.807) is 0 Å². The molecule has 0 atom stereocenters. The number of hydrogen-bond acceptors (Lipinski definition) is 4. The van der Waals surface area contributed by atoms with Crippen molar-refractivity contribution in [2.45, 2.75) is 81.3 Å². The average Bonchev–Trinajstić information content (AvgIpc) is 3.57. The standard InChI is InChI=1S/C25H33F3N6O/c26-25(27,28)24(3-4-24)29-12-22-9-23(10-22,11-22)17-7-33(8-17)20(35)34-13-21(14-34)5-16(6-21)19-30-18(31-32-19)15-1-2-15/h15-17,29H,1-14H2,(H,30,31,32). The highest BCUT2D eigenvalue weighted by Crippen LogP contribution is 2.77. The lowest BCUT2D eigenvalue weighted by Crippen LogP contribution is -2.75. The highest BCUT2D eigenvalue weighted by molar-refractivity contribution is 5.76. The molecule has 6 aliphatic carbocycles. The second-order valence-electron chi connectivity index (χ2n) is 13.5. The first kappa shape index (κ1) is 21.3. The van der Waals surface area contributed by atoms with E-state index in [1.165, 1.54) is 12.8 Å². The molecule has 6 saturated carbocycles. The fraction of sp³-hybridized carbons (Fsp3) is 0.880. The quantitative estimate of drug-likeness (QED) is 0.637. The first-order valence-corrected chi connectivity index (χ1v) is 13.4. The van der Waals surface area contributed by atoms with Gasteiger partial charge in [0, 0.05) is 50.0 Å². The molecule has 2 bridgehead atoms. The van der Waals surface area contributed by atoms with Gasteiger partial charge in [0.15, 0.2) is 0 Å². The summed E-state index contributed by atoms with van der Waals surface area (Å²) in [5.74, 6) is 3.67. The highest BCUT2D eigenvalue weighted by Gasteiger charge is 2.73. The van der Waals surface area contributed by atoms with Gasteiger partial charge in [-0.25, -0.2) is 4.79 Å². The molecule has 2 aliphatic heterocycles. The van der Waals surface area contributed by atoms with Gasteiger partial charge < -0.3 is 20.1 Å². The van der Waals surface area contributed by atoms with E-state index in [-0.39, 0.29) is 29.7 Å². The molecule has 1 aromatic rings. The Kier molecular flexibility index (Phi) is 3.85. The van der Waals surface area contributed by atoms with Crippen LogP contribution < -0.4 is 5.32 Å². The lowest BCUT2D eigenvalue weighted by atomic mass is 9.31.